The number of carbonyl (C=O) groups is 2. The Kier molecular flexibility index (Phi) is 7.37. The number of carbonyl (C=O) groups excluding carboxylic acids is 2. The zero-order valence-electron chi connectivity index (χ0n) is 16.7. The van der Waals surface area contributed by atoms with Crippen molar-refractivity contribution in [2.45, 2.75) is 46.1 Å². The van der Waals surface area contributed by atoms with Crippen LogP contribution >= 0.6 is 0 Å². The highest BCUT2D eigenvalue weighted by Crippen LogP contribution is 2.35. The maximum Gasteiger partial charge on any atom is 0.344 e. The van der Waals surface area contributed by atoms with Gasteiger partial charge in [-0.25, -0.2) is 9.59 Å². The van der Waals surface area contributed by atoms with Crippen molar-refractivity contribution >= 4 is 17.6 Å². The van der Waals surface area contributed by atoms with Crippen LogP contribution in [0.2, 0.25) is 0 Å². The quantitative estimate of drug-likeness (QED) is 0.394. The van der Waals surface area contributed by atoms with Gasteiger partial charge in [-0.1, -0.05) is 27.2 Å². The van der Waals surface area contributed by atoms with Crippen LogP contribution in [0.4, 0.5) is 5.69 Å². The maximum atomic E-state index is 12.2. The molecule has 0 radical (unpaired) electrons. The van der Waals surface area contributed by atoms with Crippen molar-refractivity contribution in [3.05, 3.63) is 33.9 Å². The minimum absolute atomic E-state index is 0.0344. The first kappa shape index (κ1) is 21.7. The van der Waals surface area contributed by atoms with Crippen molar-refractivity contribution in [3.63, 3.8) is 0 Å². The van der Waals surface area contributed by atoms with Gasteiger partial charge in [-0.2, -0.15) is 0 Å². The molecule has 1 aliphatic rings. The summed E-state index contributed by atoms with van der Waals surface area (Å²) in [5.41, 5.74) is -0.387. The summed E-state index contributed by atoms with van der Waals surface area (Å²) in [6, 6.07) is 3.71. The van der Waals surface area contributed by atoms with Gasteiger partial charge in [-0.3, -0.25) is 10.1 Å². The number of rotatable bonds is 7. The van der Waals surface area contributed by atoms with Crippen LogP contribution in [0.5, 0.6) is 5.75 Å². The normalized spacial score (nSPS) is 21.8. The van der Waals surface area contributed by atoms with Crippen molar-refractivity contribution in [2.24, 2.45) is 17.8 Å². The fourth-order valence-electron chi connectivity index (χ4n) is 3.62. The second-order valence-electron chi connectivity index (χ2n) is 7.57. The van der Waals surface area contributed by atoms with E-state index < -0.39 is 23.5 Å². The largest absolute Gasteiger partial charge is 0.490 e. The number of methoxy groups -OCH3 is 1. The van der Waals surface area contributed by atoms with Crippen LogP contribution in [0, 0.1) is 27.9 Å². The molecule has 0 saturated heterocycles. The Morgan fingerprint density at radius 2 is 2.00 bits per heavy atom. The molecule has 0 bridgehead atoms. The Morgan fingerprint density at radius 3 is 2.61 bits per heavy atom. The van der Waals surface area contributed by atoms with Gasteiger partial charge in [-0.15, -0.1) is 0 Å². The summed E-state index contributed by atoms with van der Waals surface area (Å²) in [6.45, 7) is 5.82. The molecule has 154 valence electrons. The van der Waals surface area contributed by atoms with Gasteiger partial charge in [0.25, 0.3) is 0 Å². The number of nitrogens with zero attached hydrogens (tertiary/aromatic N) is 1. The van der Waals surface area contributed by atoms with E-state index in [-0.39, 0.29) is 23.1 Å². The van der Waals surface area contributed by atoms with E-state index in [9.17, 15) is 19.7 Å². The summed E-state index contributed by atoms with van der Waals surface area (Å²) in [5.74, 6) is -0.240. The second-order valence-corrected chi connectivity index (χ2v) is 7.57. The predicted octanol–water partition coefficient (Wildman–Crippen LogP) is 3.76. The Morgan fingerprint density at radius 1 is 1.29 bits per heavy atom. The maximum absolute atomic E-state index is 12.2. The van der Waals surface area contributed by atoms with Crippen molar-refractivity contribution < 1.29 is 28.7 Å². The van der Waals surface area contributed by atoms with Crippen molar-refractivity contribution in [1.82, 2.24) is 0 Å². The van der Waals surface area contributed by atoms with Gasteiger partial charge >= 0.3 is 17.6 Å². The average Bonchev–Trinajstić information content (AvgIpc) is 2.65. The molecule has 0 N–H and O–H groups in total. The number of hydrogen-bond donors (Lipinski definition) is 0. The third-order valence-electron chi connectivity index (χ3n) is 5.18. The van der Waals surface area contributed by atoms with E-state index >= 15 is 0 Å². The molecule has 3 atom stereocenters. The molecule has 1 aromatic carbocycles. The minimum Gasteiger partial charge on any atom is -0.490 e. The number of nitro benzene ring substituents is 1. The third-order valence-corrected chi connectivity index (χ3v) is 5.18. The van der Waals surface area contributed by atoms with Gasteiger partial charge in [0.05, 0.1) is 17.6 Å². The van der Waals surface area contributed by atoms with E-state index in [1.807, 2.05) is 0 Å². The van der Waals surface area contributed by atoms with Gasteiger partial charge in [0, 0.05) is 6.07 Å². The van der Waals surface area contributed by atoms with Crippen molar-refractivity contribution in [1.29, 1.82) is 0 Å². The molecule has 1 fully saturated rings. The molecule has 1 saturated carbocycles. The van der Waals surface area contributed by atoms with Gasteiger partial charge in [0.1, 0.15) is 6.10 Å². The van der Waals surface area contributed by atoms with Crippen LogP contribution < -0.4 is 4.74 Å². The highest BCUT2D eigenvalue weighted by Gasteiger charge is 2.33. The zero-order chi connectivity index (χ0) is 20.8. The van der Waals surface area contributed by atoms with Crippen LogP contribution in [-0.4, -0.2) is 36.7 Å². The molecule has 1 aromatic rings. The number of hydrogen-bond acceptors (Lipinski definition) is 7. The SMILES string of the molecule is COc1ccc(C(=O)OCC(=O)O[C@H]2C[C@H](C)CC[C@@H]2C(C)C)cc1[N+](=O)[O-]. The first-order valence-electron chi connectivity index (χ1n) is 9.42. The summed E-state index contributed by atoms with van der Waals surface area (Å²) in [7, 11) is 1.30. The van der Waals surface area contributed by atoms with E-state index in [1.54, 1.807) is 0 Å². The van der Waals surface area contributed by atoms with Gasteiger partial charge in [0.15, 0.2) is 12.4 Å². The number of nitro groups is 1. The van der Waals surface area contributed by atoms with Crippen LogP contribution in [-0.2, 0) is 14.3 Å². The summed E-state index contributed by atoms with van der Waals surface area (Å²) in [4.78, 5) is 34.7. The first-order valence-corrected chi connectivity index (χ1v) is 9.42. The molecule has 0 aromatic heterocycles. The van der Waals surface area contributed by atoms with E-state index in [2.05, 4.69) is 20.8 Å². The smallest absolute Gasteiger partial charge is 0.344 e. The van der Waals surface area contributed by atoms with Gasteiger partial charge < -0.3 is 14.2 Å². The molecule has 0 aliphatic heterocycles. The third kappa shape index (κ3) is 5.43. The van der Waals surface area contributed by atoms with Crippen LogP contribution in [0.1, 0.15) is 50.4 Å². The Labute approximate surface area is 164 Å². The standard InChI is InChI=1S/C20H27NO7/c1-12(2)15-7-5-13(3)9-18(15)28-19(22)11-27-20(23)14-6-8-17(26-4)16(10-14)21(24)25/h6,8,10,12-13,15,18H,5,7,9,11H2,1-4H3/t13-,15-,18+/m1/s1. The monoisotopic (exact) mass is 393 g/mol. The van der Waals surface area contributed by atoms with Crippen molar-refractivity contribution in [2.75, 3.05) is 13.7 Å². The topological polar surface area (TPSA) is 105 Å². The summed E-state index contributed by atoms with van der Waals surface area (Å²) < 4.78 is 15.5. The highest BCUT2D eigenvalue weighted by molar-refractivity contribution is 5.91. The molecule has 8 heteroatoms. The molecule has 28 heavy (non-hydrogen) atoms. The van der Waals surface area contributed by atoms with E-state index in [0.717, 1.165) is 25.3 Å². The minimum atomic E-state index is -0.833. The second kappa shape index (κ2) is 9.52. The molecule has 1 aliphatic carbocycles. The fourth-order valence-corrected chi connectivity index (χ4v) is 3.62. The fraction of sp³-hybridized carbons (Fsp3) is 0.600. The van der Waals surface area contributed by atoms with Crippen LogP contribution in [0.3, 0.4) is 0 Å². The van der Waals surface area contributed by atoms with E-state index in [0.29, 0.717) is 17.8 Å². The molecule has 0 unspecified atom stereocenters. The summed E-state index contributed by atoms with van der Waals surface area (Å²) in [6.07, 6.45) is 2.73. The molecule has 0 spiro atoms. The lowest BCUT2D eigenvalue weighted by Gasteiger charge is -2.36. The average molecular weight is 393 g/mol. The Bertz CT molecular complexity index is 731. The summed E-state index contributed by atoms with van der Waals surface area (Å²) >= 11 is 0. The van der Waals surface area contributed by atoms with Crippen LogP contribution in [0.25, 0.3) is 0 Å². The van der Waals surface area contributed by atoms with E-state index in [1.165, 1.54) is 19.2 Å². The molecular weight excluding hydrogens is 366 g/mol. The highest BCUT2D eigenvalue weighted by atomic mass is 16.6. The molecule has 2 rings (SSSR count). The van der Waals surface area contributed by atoms with E-state index in [4.69, 9.17) is 14.2 Å². The molecule has 0 heterocycles. The summed E-state index contributed by atoms with van der Waals surface area (Å²) in [5, 5.41) is 11.1. The van der Waals surface area contributed by atoms with Gasteiger partial charge in [-0.05, 0) is 42.7 Å². The van der Waals surface area contributed by atoms with Crippen molar-refractivity contribution in [3.8, 4) is 5.75 Å². The van der Waals surface area contributed by atoms with Gasteiger partial charge in [0.2, 0.25) is 0 Å². The number of esters is 2. The molecule has 8 nitrogen and oxygen atoms in total. The molecular formula is C20H27NO7. The predicted molar refractivity (Wildman–Crippen MR) is 101 cm³/mol. The van der Waals surface area contributed by atoms with Crippen LogP contribution in [0.15, 0.2) is 18.2 Å². The Balaban J connectivity index is 1.96. The number of ether oxygens (including phenoxy) is 3. The lowest BCUT2D eigenvalue weighted by atomic mass is 9.75. The lowest BCUT2D eigenvalue weighted by Crippen LogP contribution is -2.36. The zero-order valence-corrected chi connectivity index (χ0v) is 16.7. The number of benzene rings is 1. The lowest BCUT2D eigenvalue weighted by molar-refractivity contribution is -0.385. The molecule has 0 amide bonds. The first-order chi connectivity index (χ1) is 13.2. The Hall–Kier alpha value is -2.64.